The van der Waals surface area contributed by atoms with Crippen LogP contribution in [0.25, 0.3) is 0 Å². The van der Waals surface area contributed by atoms with Crippen molar-refractivity contribution in [2.24, 2.45) is 11.8 Å². The molecule has 2 saturated carbocycles. The molecule has 1 heterocycles. The highest BCUT2D eigenvalue weighted by atomic mass is 16.2. The Labute approximate surface area is 106 Å². The molecule has 2 fully saturated rings. The summed E-state index contributed by atoms with van der Waals surface area (Å²) in [6, 6.07) is 3.97. The summed E-state index contributed by atoms with van der Waals surface area (Å²) >= 11 is 0. The molecule has 0 atom stereocenters. The molecule has 2 aliphatic rings. The zero-order valence-corrected chi connectivity index (χ0v) is 10.3. The predicted molar refractivity (Wildman–Crippen MR) is 68.8 cm³/mol. The molecule has 0 unspecified atom stereocenters. The van der Waals surface area contributed by atoms with Gasteiger partial charge in [0.2, 0.25) is 0 Å². The van der Waals surface area contributed by atoms with Crippen molar-refractivity contribution in [3.05, 3.63) is 24.0 Å². The van der Waals surface area contributed by atoms with Crippen LogP contribution in [-0.2, 0) is 0 Å². The number of hydrogen-bond donors (Lipinski definition) is 2. The Balaban J connectivity index is 1.73. The van der Waals surface area contributed by atoms with Gasteiger partial charge in [0.15, 0.2) is 0 Å². The minimum absolute atomic E-state index is 0.0629. The van der Waals surface area contributed by atoms with Crippen LogP contribution in [0.15, 0.2) is 18.3 Å². The van der Waals surface area contributed by atoms with E-state index in [2.05, 4.69) is 10.4 Å². The normalized spacial score (nSPS) is 18.5. The van der Waals surface area contributed by atoms with Gasteiger partial charge in [-0.05, 0) is 43.7 Å². The second-order valence-corrected chi connectivity index (χ2v) is 5.21. The summed E-state index contributed by atoms with van der Waals surface area (Å²) in [5.41, 5.74) is 3.74. The lowest BCUT2D eigenvalue weighted by Crippen LogP contribution is -2.35. The molecule has 0 radical (unpaired) electrons. The molecule has 5 heteroatoms. The van der Waals surface area contributed by atoms with Gasteiger partial charge in [0.1, 0.15) is 5.69 Å². The average molecular weight is 246 g/mol. The monoisotopic (exact) mass is 246 g/mol. The quantitative estimate of drug-likeness (QED) is 0.608. The van der Waals surface area contributed by atoms with Gasteiger partial charge in [0.25, 0.3) is 5.91 Å². The van der Waals surface area contributed by atoms with E-state index in [1.807, 2.05) is 4.90 Å². The Bertz CT molecular complexity index is 437. The molecular formula is C13H18N4O. The van der Waals surface area contributed by atoms with Gasteiger partial charge in [0.05, 0.1) is 11.9 Å². The first-order valence-electron chi connectivity index (χ1n) is 6.51. The van der Waals surface area contributed by atoms with Gasteiger partial charge in [-0.15, -0.1) is 0 Å². The van der Waals surface area contributed by atoms with E-state index < -0.39 is 0 Å². The van der Waals surface area contributed by atoms with Crippen molar-refractivity contribution >= 4 is 11.6 Å². The third-order valence-corrected chi connectivity index (χ3v) is 3.55. The molecule has 1 amide bonds. The second-order valence-electron chi connectivity index (χ2n) is 5.21. The highest BCUT2D eigenvalue weighted by Gasteiger charge is 2.37. The number of nitrogens with one attached hydrogen (secondary N) is 1. The molecule has 5 nitrogen and oxygen atoms in total. The molecule has 3 rings (SSSR count). The number of hydrazine groups is 1. The summed E-state index contributed by atoms with van der Waals surface area (Å²) in [6.07, 6.45) is 6.40. The summed E-state index contributed by atoms with van der Waals surface area (Å²) < 4.78 is 0. The summed E-state index contributed by atoms with van der Waals surface area (Å²) in [5.74, 6) is 6.07. The van der Waals surface area contributed by atoms with Gasteiger partial charge < -0.3 is 10.3 Å². The van der Waals surface area contributed by atoms with Crippen LogP contribution in [0, 0.1) is 5.92 Å². The van der Waals surface area contributed by atoms with Gasteiger partial charge in [-0.25, -0.2) is 4.98 Å². The van der Waals surface area contributed by atoms with Crippen molar-refractivity contribution in [2.45, 2.75) is 31.7 Å². The van der Waals surface area contributed by atoms with E-state index in [0.29, 0.717) is 17.4 Å². The largest absolute Gasteiger partial charge is 0.334 e. The number of hydrogen-bond acceptors (Lipinski definition) is 4. The first kappa shape index (κ1) is 11.5. The van der Waals surface area contributed by atoms with Crippen molar-refractivity contribution in [3.8, 4) is 0 Å². The maximum Gasteiger partial charge on any atom is 0.272 e. The molecule has 2 aliphatic carbocycles. The van der Waals surface area contributed by atoms with E-state index in [9.17, 15) is 4.79 Å². The van der Waals surface area contributed by atoms with Crippen LogP contribution >= 0.6 is 0 Å². The Kier molecular flexibility index (Phi) is 2.91. The van der Waals surface area contributed by atoms with Crippen LogP contribution in [0.4, 0.5) is 5.69 Å². The third kappa shape index (κ3) is 2.46. The highest BCUT2D eigenvalue weighted by Crippen LogP contribution is 2.35. The van der Waals surface area contributed by atoms with Gasteiger partial charge >= 0.3 is 0 Å². The maximum absolute atomic E-state index is 12.4. The van der Waals surface area contributed by atoms with E-state index in [1.165, 1.54) is 12.8 Å². The number of anilines is 1. The Morgan fingerprint density at radius 2 is 2.17 bits per heavy atom. The molecule has 18 heavy (non-hydrogen) atoms. The first-order valence-corrected chi connectivity index (χ1v) is 6.51. The number of nitrogens with zero attached hydrogens (tertiary/aromatic N) is 2. The predicted octanol–water partition coefficient (Wildman–Crippen LogP) is 1.38. The van der Waals surface area contributed by atoms with Gasteiger partial charge in [0, 0.05) is 12.6 Å². The van der Waals surface area contributed by atoms with Gasteiger partial charge in [-0.2, -0.15) is 0 Å². The number of nitrogens with two attached hydrogens (primary N) is 1. The van der Waals surface area contributed by atoms with Crippen LogP contribution in [0.2, 0.25) is 0 Å². The lowest BCUT2D eigenvalue weighted by atomic mass is 10.2. The van der Waals surface area contributed by atoms with Crippen molar-refractivity contribution < 1.29 is 4.79 Å². The molecule has 0 aliphatic heterocycles. The van der Waals surface area contributed by atoms with E-state index in [4.69, 9.17) is 5.84 Å². The standard InChI is InChI=1S/C13H18N4O/c14-16-10-3-6-12(15-7-10)13(18)17(11-4-5-11)8-9-1-2-9/h3,6-7,9,11,16H,1-2,4-5,8,14H2. The maximum atomic E-state index is 12.4. The lowest BCUT2D eigenvalue weighted by molar-refractivity contribution is 0.0729. The summed E-state index contributed by atoms with van der Waals surface area (Å²) in [4.78, 5) is 18.6. The highest BCUT2D eigenvalue weighted by molar-refractivity contribution is 5.93. The van der Waals surface area contributed by atoms with E-state index in [1.54, 1.807) is 18.3 Å². The molecular weight excluding hydrogens is 228 g/mol. The fraction of sp³-hybridized carbons (Fsp3) is 0.538. The minimum atomic E-state index is 0.0629. The first-order chi connectivity index (χ1) is 8.78. The molecule has 1 aromatic rings. The fourth-order valence-corrected chi connectivity index (χ4v) is 2.12. The van der Waals surface area contributed by atoms with Crippen LogP contribution in [0.1, 0.15) is 36.2 Å². The number of carbonyl (C=O) groups excluding carboxylic acids is 1. The molecule has 0 aromatic carbocycles. The Morgan fingerprint density at radius 1 is 1.39 bits per heavy atom. The average Bonchev–Trinajstić information content (AvgIpc) is 3.28. The number of rotatable bonds is 5. The summed E-state index contributed by atoms with van der Waals surface area (Å²) in [5, 5.41) is 0. The minimum Gasteiger partial charge on any atom is -0.334 e. The van der Waals surface area contributed by atoms with Crippen molar-refractivity contribution in [1.82, 2.24) is 9.88 Å². The molecule has 0 bridgehead atoms. The fourth-order valence-electron chi connectivity index (χ4n) is 2.12. The molecule has 0 saturated heterocycles. The van der Waals surface area contributed by atoms with Crippen LogP contribution < -0.4 is 11.3 Å². The van der Waals surface area contributed by atoms with E-state index >= 15 is 0 Å². The van der Waals surface area contributed by atoms with E-state index in [0.717, 1.165) is 25.3 Å². The smallest absolute Gasteiger partial charge is 0.272 e. The Morgan fingerprint density at radius 3 is 2.67 bits per heavy atom. The molecule has 3 N–H and O–H groups in total. The zero-order valence-electron chi connectivity index (χ0n) is 10.3. The topological polar surface area (TPSA) is 71.2 Å². The third-order valence-electron chi connectivity index (χ3n) is 3.55. The Hall–Kier alpha value is -1.62. The summed E-state index contributed by atoms with van der Waals surface area (Å²) in [7, 11) is 0. The molecule has 96 valence electrons. The second kappa shape index (κ2) is 4.57. The van der Waals surface area contributed by atoms with Crippen LogP contribution in [0.3, 0.4) is 0 Å². The molecule has 1 aromatic heterocycles. The van der Waals surface area contributed by atoms with Crippen molar-refractivity contribution in [1.29, 1.82) is 0 Å². The lowest BCUT2D eigenvalue weighted by Gasteiger charge is -2.21. The van der Waals surface area contributed by atoms with Gasteiger partial charge in [-0.1, -0.05) is 0 Å². The summed E-state index contributed by atoms with van der Waals surface area (Å²) in [6.45, 7) is 0.905. The van der Waals surface area contributed by atoms with Crippen molar-refractivity contribution in [2.75, 3.05) is 12.0 Å². The van der Waals surface area contributed by atoms with Crippen LogP contribution in [0.5, 0.6) is 0 Å². The zero-order chi connectivity index (χ0) is 12.5. The van der Waals surface area contributed by atoms with E-state index in [-0.39, 0.29) is 5.91 Å². The number of nitrogen functional groups attached to an aromatic ring is 1. The molecule has 0 spiro atoms. The van der Waals surface area contributed by atoms with Crippen molar-refractivity contribution in [3.63, 3.8) is 0 Å². The number of carbonyl (C=O) groups is 1. The number of aromatic nitrogens is 1. The van der Waals surface area contributed by atoms with Gasteiger partial charge in [-0.3, -0.25) is 10.6 Å². The SMILES string of the molecule is NNc1ccc(C(=O)N(CC2CC2)C2CC2)nc1. The number of amides is 1. The number of pyridine rings is 1. The van der Waals surface area contributed by atoms with Crippen LogP contribution in [-0.4, -0.2) is 28.4 Å².